The second kappa shape index (κ2) is 11.5. The van der Waals surface area contributed by atoms with E-state index in [4.69, 9.17) is 47.4 Å². The standard InChI is InChI=1S/C31H34O14/c1-12(32)42-29-26(34)31(44-22-10-38-13(2)43-28(22)29)45-27-16-8-19-18(40-11-41-19)7-15(16)23(24-17(27)9-39-30(24)35)14-5-20(36-3)25(33)21(6-14)37-4/h5-8,13,17,22-24,26-29,31,33-34H,9-11H2,1-4H3/t13-,17+,22-,23-,24+,26-,27-,28-,29-,31+/m1/s1. The van der Waals surface area contributed by atoms with Gasteiger partial charge in [-0.25, -0.2) is 0 Å². The Morgan fingerprint density at radius 3 is 2.31 bits per heavy atom. The van der Waals surface area contributed by atoms with Crippen molar-refractivity contribution in [2.75, 3.05) is 34.2 Å². The highest BCUT2D eigenvalue weighted by Crippen LogP contribution is 2.57. The minimum absolute atomic E-state index is 0.0141. The lowest BCUT2D eigenvalue weighted by atomic mass is 9.66. The molecule has 2 aromatic carbocycles. The van der Waals surface area contributed by atoms with Crippen LogP contribution < -0.4 is 18.9 Å². The molecule has 0 bridgehead atoms. The van der Waals surface area contributed by atoms with Gasteiger partial charge in [-0.1, -0.05) is 0 Å². The quantitative estimate of drug-likeness (QED) is 0.444. The fourth-order valence-corrected chi connectivity index (χ4v) is 7.05. The van der Waals surface area contributed by atoms with Crippen molar-refractivity contribution in [2.24, 2.45) is 11.8 Å². The van der Waals surface area contributed by atoms with E-state index in [1.807, 2.05) is 0 Å². The largest absolute Gasteiger partial charge is 0.502 e. The number of ether oxygens (including phenoxy) is 10. The number of hydrogen-bond acceptors (Lipinski definition) is 14. The number of phenols is 1. The summed E-state index contributed by atoms with van der Waals surface area (Å²) in [5.74, 6) is -1.79. The van der Waals surface area contributed by atoms with Gasteiger partial charge in [0, 0.05) is 18.8 Å². The molecule has 45 heavy (non-hydrogen) atoms. The molecule has 14 nitrogen and oxygen atoms in total. The van der Waals surface area contributed by atoms with Crippen molar-refractivity contribution in [2.45, 2.75) is 62.9 Å². The van der Waals surface area contributed by atoms with E-state index in [9.17, 15) is 19.8 Å². The first kappa shape index (κ1) is 29.9. The predicted molar refractivity (Wildman–Crippen MR) is 148 cm³/mol. The topological polar surface area (TPSA) is 167 Å². The number of aromatic hydroxyl groups is 1. The van der Waals surface area contributed by atoms with Crippen molar-refractivity contribution in [1.29, 1.82) is 0 Å². The molecule has 4 heterocycles. The summed E-state index contributed by atoms with van der Waals surface area (Å²) >= 11 is 0. The molecular formula is C31H34O14. The average molecular weight is 631 g/mol. The van der Waals surface area contributed by atoms with Gasteiger partial charge in [0.15, 0.2) is 41.7 Å². The Balaban J connectivity index is 1.31. The zero-order valence-corrected chi connectivity index (χ0v) is 25.0. The number of carbonyl (C=O) groups is 2. The van der Waals surface area contributed by atoms with Crippen LogP contribution in [0.1, 0.15) is 42.6 Å². The van der Waals surface area contributed by atoms with E-state index in [0.717, 1.165) is 0 Å². The first-order chi connectivity index (χ1) is 21.7. The van der Waals surface area contributed by atoms with Crippen LogP contribution in [0.3, 0.4) is 0 Å². The maximum absolute atomic E-state index is 13.5. The first-order valence-corrected chi connectivity index (χ1v) is 14.7. The summed E-state index contributed by atoms with van der Waals surface area (Å²) in [5.41, 5.74) is 1.96. The molecule has 3 saturated heterocycles. The van der Waals surface area contributed by atoms with Gasteiger partial charge in [0.1, 0.15) is 18.3 Å². The lowest BCUT2D eigenvalue weighted by Crippen LogP contribution is -2.64. The summed E-state index contributed by atoms with van der Waals surface area (Å²) in [6, 6.07) is 6.90. The summed E-state index contributed by atoms with van der Waals surface area (Å²) in [7, 11) is 2.85. The zero-order valence-electron chi connectivity index (χ0n) is 25.0. The van der Waals surface area contributed by atoms with Crippen LogP contribution in [-0.4, -0.2) is 93.4 Å². The zero-order chi connectivity index (χ0) is 31.6. The Hall–Kier alpha value is -3.82. The third kappa shape index (κ3) is 5.00. The number of carbonyl (C=O) groups excluding carboxylic acids is 2. The summed E-state index contributed by atoms with van der Waals surface area (Å²) < 4.78 is 57.6. The van der Waals surface area contributed by atoms with Crippen LogP contribution in [0.2, 0.25) is 0 Å². The number of hydrogen-bond donors (Lipinski definition) is 2. The van der Waals surface area contributed by atoms with Gasteiger partial charge < -0.3 is 57.6 Å². The van der Waals surface area contributed by atoms with Crippen molar-refractivity contribution < 1.29 is 67.2 Å². The molecular weight excluding hydrogens is 596 g/mol. The van der Waals surface area contributed by atoms with Gasteiger partial charge in [-0.15, -0.1) is 0 Å². The monoisotopic (exact) mass is 630 g/mol. The molecule has 0 aromatic heterocycles. The number of methoxy groups -OCH3 is 2. The SMILES string of the molecule is COc1cc([C@@H]2c3cc4c(cc3[C@@H](O[C@@H]3O[C@@H]5CO[C@@H](C)O[C@H]5[C@H](OC(C)=O)[C@H]3O)[C@H]3COC(=O)[C@H]23)OCO4)cc(OC)c1O. The number of esters is 2. The van der Waals surface area contributed by atoms with Gasteiger partial charge in [-0.2, -0.15) is 0 Å². The maximum Gasteiger partial charge on any atom is 0.310 e. The molecule has 2 aromatic rings. The summed E-state index contributed by atoms with van der Waals surface area (Å²) in [6.45, 7) is 3.11. The molecule has 0 spiro atoms. The molecule has 0 saturated carbocycles. The predicted octanol–water partition coefficient (Wildman–Crippen LogP) is 1.91. The molecule has 4 aliphatic heterocycles. The highest BCUT2D eigenvalue weighted by atomic mass is 16.8. The number of rotatable bonds is 6. The van der Waals surface area contributed by atoms with Crippen LogP contribution in [0.4, 0.5) is 0 Å². The van der Waals surface area contributed by atoms with Gasteiger partial charge in [0.05, 0.1) is 39.5 Å². The van der Waals surface area contributed by atoms with Crippen molar-refractivity contribution in [3.05, 3.63) is 41.0 Å². The first-order valence-electron chi connectivity index (χ1n) is 14.7. The van der Waals surface area contributed by atoms with Gasteiger partial charge >= 0.3 is 11.9 Å². The molecule has 0 radical (unpaired) electrons. The van der Waals surface area contributed by atoms with Crippen LogP contribution in [0, 0.1) is 11.8 Å². The lowest BCUT2D eigenvalue weighted by molar-refractivity contribution is -0.365. The number of aliphatic hydroxyl groups is 1. The molecule has 2 N–H and O–H groups in total. The Morgan fingerprint density at radius 2 is 1.64 bits per heavy atom. The van der Waals surface area contributed by atoms with Crippen LogP contribution in [-0.2, 0) is 38.0 Å². The second-order valence-corrected chi connectivity index (χ2v) is 11.6. The summed E-state index contributed by atoms with van der Waals surface area (Å²) in [4.78, 5) is 25.5. The average Bonchev–Trinajstić information content (AvgIpc) is 3.64. The lowest BCUT2D eigenvalue weighted by Gasteiger charge is -2.48. The minimum Gasteiger partial charge on any atom is -0.502 e. The van der Waals surface area contributed by atoms with Gasteiger partial charge in [-0.05, 0) is 47.9 Å². The molecule has 0 unspecified atom stereocenters. The molecule has 7 rings (SSSR count). The molecule has 3 fully saturated rings. The third-order valence-electron chi connectivity index (χ3n) is 9.02. The van der Waals surface area contributed by atoms with Crippen molar-refractivity contribution in [3.63, 3.8) is 0 Å². The number of fused-ring (bicyclic) bond motifs is 4. The molecule has 1 aliphatic carbocycles. The normalized spacial score (nSPS) is 34.6. The Bertz CT molecular complexity index is 1470. The number of phenolic OH excluding ortho intramolecular Hbond substituents is 1. The third-order valence-corrected chi connectivity index (χ3v) is 9.02. The van der Waals surface area contributed by atoms with E-state index in [0.29, 0.717) is 28.2 Å². The highest BCUT2D eigenvalue weighted by Gasteiger charge is 2.56. The minimum atomic E-state index is -1.43. The highest BCUT2D eigenvalue weighted by molar-refractivity contribution is 5.79. The van der Waals surface area contributed by atoms with Crippen LogP contribution in [0.25, 0.3) is 0 Å². The Labute approximate surface area is 257 Å². The van der Waals surface area contributed by atoms with Crippen LogP contribution in [0.5, 0.6) is 28.7 Å². The van der Waals surface area contributed by atoms with E-state index in [1.165, 1.54) is 21.1 Å². The maximum atomic E-state index is 13.5. The van der Waals surface area contributed by atoms with E-state index < -0.39 is 72.8 Å². The molecule has 5 aliphatic rings. The molecule has 0 amide bonds. The van der Waals surface area contributed by atoms with E-state index >= 15 is 0 Å². The van der Waals surface area contributed by atoms with Crippen molar-refractivity contribution in [3.8, 4) is 28.7 Å². The Morgan fingerprint density at radius 1 is 0.956 bits per heavy atom. The smallest absolute Gasteiger partial charge is 0.310 e. The number of aliphatic hydroxyl groups excluding tert-OH is 1. The number of cyclic esters (lactones) is 1. The Kier molecular flexibility index (Phi) is 7.64. The summed E-state index contributed by atoms with van der Waals surface area (Å²) in [6.07, 6.45) is -6.74. The molecule has 10 atom stereocenters. The van der Waals surface area contributed by atoms with Crippen LogP contribution >= 0.6 is 0 Å². The fraction of sp³-hybridized carbons (Fsp3) is 0.548. The van der Waals surface area contributed by atoms with E-state index in [2.05, 4.69) is 0 Å². The summed E-state index contributed by atoms with van der Waals surface area (Å²) in [5, 5.41) is 22.1. The van der Waals surface area contributed by atoms with Crippen LogP contribution in [0.15, 0.2) is 24.3 Å². The molecule has 242 valence electrons. The van der Waals surface area contributed by atoms with Gasteiger partial charge in [0.2, 0.25) is 12.5 Å². The molecule has 14 heteroatoms. The fourth-order valence-electron chi connectivity index (χ4n) is 7.05. The van der Waals surface area contributed by atoms with E-state index in [1.54, 1.807) is 31.2 Å². The van der Waals surface area contributed by atoms with Crippen molar-refractivity contribution >= 4 is 11.9 Å². The van der Waals surface area contributed by atoms with E-state index in [-0.39, 0.29) is 37.3 Å². The second-order valence-electron chi connectivity index (χ2n) is 11.6. The van der Waals surface area contributed by atoms with Gasteiger partial charge in [0.25, 0.3) is 0 Å². The van der Waals surface area contributed by atoms with Crippen molar-refractivity contribution in [1.82, 2.24) is 0 Å². The van der Waals surface area contributed by atoms with Gasteiger partial charge in [-0.3, -0.25) is 9.59 Å². The number of benzene rings is 2.